The van der Waals surface area contributed by atoms with E-state index in [4.69, 9.17) is 0 Å². The fourth-order valence-corrected chi connectivity index (χ4v) is 5.67. The molecule has 1 saturated heterocycles. The smallest absolute Gasteiger partial charge is 0.233 e. The quantitative estimate of drug-likeness (QED) is 0.777. The van der Waals surface area contributed by atoms with Crippen LogP contribution >= 0.6 is 11.8 Å². The van der Waals surface area contributed by atoms with Crippen molar-refractivity contribution in [1.82, 2.24) is 14.9 Å². The molecule has 25 heavy (non-hydrogen) atoms. The lowest BCUT2D eigenvalue weighted by atomic mass is 10.1. The molecule has 0 aliphatic carbocycles. The molecule has 1 fully saturated rings. The van der Waals surface area contributed by atoms with E-state index >= 15 is 0 Å². The molecule has 3 rings (SSSR count). The van der Waals surface area contributed by atoms with Gasteiger partial charge in [0.15, 0.2) is 15.0 Å². The summed E-state index contributed by atoms with van der Waals surface area (Å²) in [7, 11) is -3.02. The van der Waals surface area contributed by atoms with Crippen molar-refractivity contribution < 1.29 is 13.2 Å². The second-order valence-corrected chi connectivity index (χ2v) is 9.66. The molecule has 0 unspecified atom stereocenters. The number of fused-ring (bicyclic) bond motifs is 1. The molecule has 0 radical (unpaired) electrons. The first-order valence-electron chi connectivity index (χ1n) is 8.48. The van der Waals surface area contributed by atoms with E-state index < -0.39 is 9.84 Å². The number of imidazole rings is 1. The molecule has 1 aromatic heterocycles. The molecule has 1 N–H and O–H groups in total. The van der Waals surface area contributed by atoms with Crippen molar-refractivity contribution >= 4 is 38.5 Å². The van der Waals surface area contributed by atoms with Gasteiger partial charge < -0.3 is 9.88 Å². The van der Waals surface area contributed by atoms with Crippen LogP contribution in [0.4, 0.5) is 0 Å². The van der Waals surface area contributed by atoms with Crippen LogP contribution in [0.1, 0.15) is 26.7 Å². The number of aromatic nitrogens is 2. The number of carbonyl (C=O) groups excluding carboxylic acids is 1. The summed E-state index contributed by atoms with van der Waals surface area (Å²) in [6.07, 6.45) is 1.34. The molecule has 0 spiro atoms. The van der Waals surface area contributed by atoms with Crippen LogP contribution in [-0.2, 0) is 14.6 Å². The Bertz CT molecular complexity index is 830. The number of hydrogen-bond acceptors (Lipinski definition) is 5. The average Bonchev–Trinajstić information content (AvgIpc) is 3.15. The van der Waals surface area contributed by atoms with Gasteiger partial charge in [-0.2, -0.15) is 0 Å². The zero-order valence-corrected chi connectivity index (χ0v) is 16.1. The lowest BCUT2D eigenvalue weighted by Gasteiger charge is -2.33. The number of benzene rings is 1. The number of amides is 1. The van der Waals surface area contributed by atoms with Gasteiger partial charge in [0.25, 0.3) is 0 Å². The van der Waals surface area contributed by atoms with Crippen molar-refractivity contribution in [3.63, 3.8) is 0 Å². The third-order valence-corrected chi connectivity index (χ3v) is 7.26. The summed E-state index contributed by atoms with van der Waals surface area (Å²) in [6, 6.07) is 7.56. The van der Waals surface area contributed by atoms with Crippen molar-refractivity contribution in [3.8, 4) is 0 Å². The molecule has 6 nitrogen and oxygen atoms in total. The van der Waals surface area contributed by atoms with Gasteiger partial charge in [0.05, 0.1) is 28.3 Å². The fraction of sp³-hybridized carbons (Fsp3) is 0.529. The Morgan fingerprint density at radius 3 is 2.84 bits per heavy atom. The fourth-order valence-electron chi connectivity index (χ4n) is 3.20. The average molecular weight is 382 g/mol. The largest absolute Gasteiger partial charge is 0.335 e. The molecule has 0 bridgehead atoms. The minimum Gasteiger partial charge on any atom is -0.335 e. The number of thioether (sulfide) groups is 1. The standard InChI is InChI=1S/C17H23N3O3S2/c1-3-12(2)20(13-8-9-25(22,23)11-13)16(21)10-24-17-18-14-6-4-5-7-15(14)19-17/h4-7,12-13H,3,8-11H2,1-2H3,(H,18,19)/t12-,13-/m1/s1. The van der Waals surface area contributed by atoms with Crippen molar-refractivity contribution in [1.29, 1.82) is 0 Å². The van der Waals surface area contributed by atoms with E-state index in [-0.39, 0.29) is 35.2 Å². The summed E-state index contributed by atoms with van der Waals surface area (Å²) in [5, 5.41) is 0.706. The molecule has 2 heterocycles. The first-order valence-corrected chi connectivity index (χ1v) is 11.3. The summed E-state index contributed by atoms with van der Waals surface area (Å²) in [4.78, 5) is 22.2. The summed E-state index contributed by atoms with van der Waals surface area (Å²) < 4.78 is 23.6. The van der Waals surface area contributed by atoms with Crippen molar-refractivity contribution in [3.05, 3.63) is 24.3 Å². The van der Waals surface area contributed by atoms with Crippen LogP contribution in [0.3, 0.4) is 0 Å². The van der Waals surface area contributed by atoms with Gasteiger partial charge >= 0.3 is 0 Å². The maximum absolute atomic E-state index is 12.8. The Morgan fingerprint density at radius 2 is 2.20 bits per heavy atom. The highest BCUT2D eigenvalue weighted by Crippen LogP contribution is 2.24. The third-order valence-electron chi connectivity index (χ3n) is 4.66. The number of hydrogen-bond donors (Lipinski definition) is 1. The van der Waals surface area contributed by atoms with Gasteiger partial charge in [0, 0.05) is 12.1 Å². The lowest BCUT2D eigenvalue weighted by Crippen LogP contribution is -2.47. The molecule has 0 saturated carbocycles. The highest BCUT2D eigenvalue weighted by atomic mass is 32.2. The zero-order chi connectivity index (χ0) is 18.0. The third kappa shape index (κ3) is 4.17. The predicted molar refractivity (Wildman–Crippen MR) is 100 cm³/mol. The van der Waals surface area contributed by atoms with Crippen molar-refractivity contribution in [2.75, 3.05) is 17.3 Å². The molecule has 1 aromatic carbocycles. The number of H-pyrrole nitrogens is 1. The minimum absolute atomic E-state index is 0.0260. The van der Waals surface area contributed by atoms with E-state index in [1.807, 2.05) is 38.1 Å². The summed E-state index contributed by atoms with van der Waals surface area (Å²) in [5.41, 5.74) is 1.82. The number of nitrogens with zero attached hydrogens (tertiary/aromatic N) is 2. The van der Waals surface area contributed by atoms with Gasteiger partial charge in [-0.05, 0) is 31.9 Å². The van der Waals surface area contributed by atoms with E-state index in [1.54, 1.807) is 4.90 Å². The number of carbonyl (C=O) groups is 1. The Morgan fingerprint density at radius 1 is 1.44 bits per heavy atom. The van der Waals surface area contributed by atoms with Crippen LogP contribution in [0.25, 0.3) is 11.0 Å². The van der Waals surface area contributed by atoms with Crippen molar-refractivity contribution in [2.45, 2.75) is 43.9 Å². The Hall–Kier alpha value is -1.54. The molecule has 1 aliphatic heterocycles. The topological polar surface area (TPSA) is 83.1 Å². The molecule has 2 atom stereocenters. The molecule has 136 valence electrons. The van der Waals surface area contributed by atoms with Gasteiger partial charge in [-0.25, -0.2) is 13.4 Å². The van der Waals surface area contributed by atoms with Gasteiger partial charge in [0.1, 0.15) is 0 Å². The molecular weight excluding hydrogens is 358 g/mol. The summed E-state index contributed by atoms with van der Waals surface area (Å²) in [5.74, 6) is 0.482. The maximum Gasteiger partial charge on any atom is 0.233 e. The normalized spacial score (nSPS) is 20.6. The second kappa shape index (κ2) is 7.37. The Balaban J connectivity index is 1.69. The van der Waals surface area contributed by atoms with Crippen LogP contribution in [0.5, 0.6) is 0 Å². The first kappa shape index (κ1) is 18.3. The molecule has 1 aliphatic rings. The van der Waals surface area contributed by atoms with Crippen LogP contribution in [-0.4, -0.2) is 58.5 Å². The van der Waals surface area contributed by atoms with Crippen LogP contribution in [0.15, 0.2) is 29.4 Å². The predicted octanol–water partition coefficient (Wildman–Crippen LogP) is 2.47. The number of para-hydroxylation sites is 2. The molecule has 2 aromatic rings. The van der Waals surface area contributed by atoms with Gasteiger partial charge in [-0.1, -0.05) is 30.8 Å². The SMILES string of the molecule is CC[C@@H](C)N(C(=O)CSc1nc2ccccc2[nH]1)[C@@H]1CCS(=O)(=O)C1. The monoisotopic (exact) mass is 381 g/mol. The van der Waals surface area contributed by atoms with Crippen LogP contribution in [0, 0.1) is 0 Å². The van der Waals surface area contributed by atoms with Gasteiger partial charge in [-0.3, -0.25) is 4.79 Å². The van der Waals surface area contributed by atoms with Gasteiger partial charge in [0.2, 0.25) is 5.91 Å². The second-order valence-electron chi connectivity index (χ2n) is 6.46. The van der Waals surface area contributed by atoms with Crippen LogP contribution in [0.2, 0.25) is 0 Å². The Labute approximate surface area is 152 Å². The Kier molecular flexibility index (Phi) is 5.38. The van der Waals surface area contributed by atoms with Crippen molar-refractivity contribution in [2.24, 2.45) is 0 Å². The molecule has 8 heteroatoms. The number of rotatable bonds is 6. The minimum atomic E-state index is -3.02. The number of aromatic amines is 1. The van der Waals surface area contributed by atoms with Crippen LogP contribution < -0.4 is 0 Å². The summed E-state index contributed by atoms with van der Waals surface area (Å²) in [6.45, 7) is 4.00. The highest BCUT2D eigenvalue weighted by molar-refractivity contribution is 7.99. The highest BCUT2D eigenvalue weighted by Gasteiger charge is 2.36. The number of sulfone groups is 1. The summed E-state index contributed by atoms with van der Waals surface area (Å²) >= 11 is 1.36. The molecular formula is C17H23N3O3S2. The first-order chi connectivity index (χ1) is 11.9. The van der Waals surface area contributed by atoms with E-state index in [2.05, 4.69) is 9.97 Å². The molecule has 1 amide bonds. The van der Waals surface area contributed by atoms with E-state index in [0.717, 1.165) is 17.5 Å². The van der Waals surface area contributed by atoms with E-state index in [9.17, 15) is 13.2 Å². The maximum atomic E-state index is 12.8. The zero-order valence-electron chi connectivity index (χ0n) is 14.4. The lowest BCUT2D eigenvalue weighted by molar-refractivity contribution is -0.132. The van der Waals surface area contributed by atoms with E-state index in [0.29, 0.717) is 11.6 Å². The number of nitrogens with one attached hydrogen (secondary N) is 1. The van der Waals surface area contributed by atoms with E-state index in [1.165, 1.54) is 11.8 Å². The van der Waals surface area contributed by atoms with Gasteiger partial charge in [-0.15, -0.1) is 0 Å².